The van der Waals surface area contributed by atoms with Crippen molar-refractivity contribution in [2.45, 2.75) is 19.0 Å². The summed E-state index contributed by atoms with van der Waals surface area (Å²) in [6.07, 6.45) is 0. The number of methoxy groups -OCH3 is 1. The molecule has 0 fully saturated rings. The second kappa shape index (κ2) is 7.10. The number of urea groups is 1. The molecule has 1 aromatic heterocycles. The number of carbonyl (C=O) groups excluding carboxylic acids is 1. The Morgan fingerprint density at radius 2 is 2.26 bits per heavy atom. The zero-order valence-corrected chi connectivity index (χ0v) is 11.9. The molecule has 0 radical (unpaired) electrons. The van der Waals surface area contributed by atoms with Crippen molar-refractivity contribution in [1.29, 1.82) is 0 Å². The average molecular weight is 286 g/mol. The summed E-state index contributed by atoms with van der Waals surface area (Å²) in [4.78, 5) is 25.2. The lowest BCUT2D eigenvalue weighted by molar-refractivity contribution is -0.139. The molecule has 0 aliphatic rings. The largest absolute Gasteiger partial charge is 0.479 e. The van der Waals surface area contributed by atoms with Crippen LogP contribution in [0.2, 0.25) is 0 Å². The number of thiophene rings is 1. The van der Waals surface area contributed by atoms with E-state index in [1.54, 1.807) is 31.7 Å². The highest BCUT2D eigenvalue weighted by Gasteiger charge is 2.25. The Hall–Kier alpha value is -1.60. The van der Waals surface area contributed by atoms with Crippen LogP contribution >= 0.6 is 11.3 Å². The van der Waals surface area contributed by atoms with Crippen molar-refractivity contribution in [1.82, 2.24) is 10.2 Å². The third-order valence-corrected chi connectivity index (χ3v) is 3.67. The summed E-state index contributed by atoms with van der Waals surface area (Å²) in [5.41, 5.74) is 0. The molecule has 6 nitrogen and oxygen atoms in total. The predicted molar refractivity (Wildman–Crippen MR) is 72.3 cm³/mol. The van der Waals surface area contributed by atoms with Crippen molar-refractivity contribution in [3.05, 3.63) is 22.4 Å². The summed E-state index contributed by atoms with van der Waals surface area (Å²) in [5.74, 6) is -1.08. The molecule has 2 atom stereocenters. The smallest absolute Gasteiger partial charge is 0.331 e. The van der Waals surface area contributed by atoms with E-state index >= 15 is 0 Å². The monoisotopic (exact) mass is 286 g/mol. The number of nitrogens with zero attached hydrogens (tertiary/aromatic N) is 1. The molecular weight excluding hydrogens is 268 g/mol. The van der Waals surface area contributed by atoms with Gasteiger partial charge < -0.3 is 20.1 Å². The minimum atomic E-state index is -1.08. The second-order valence-corrected chi connectivity index (χ2v) is 5.13. The first-order chi connectivity index (χ1) is 8.97. The van der Waals surface area contributed by atoms with E-state index in [-0.39, 0.29) is 6.04 Å². The summed E-state index contributed by atoms with van der Waals surface area (Å²) in [6, 6.07) is 1.83. The number of ether oxygens (including phenoxy) is 1. The molecule has 0 saturated heterocycles. The van der Waals surface area contributed by atoms with E-state index in [0.29, 0.717) is 11.5 Å². The van der Waals surface area contributed by atoms with Gasteiger partial charge in [-0.2, -0.15) is 0 Å². The molecule has 7 heteroatoms. The number of carboxylic acid groups (broad SMARTS) is 1. The third kappa shape index (κ3) is 4.22. The molecular formula is C12H18N2O4S. The van der Waals surface area contributed by atoms with Gasteiger partial charge in [0.25, 0.3) is 0 Å². The molecule has 106 valence electrons. The van der Waals surface area contributed by atoms with Crippen molar-refractivity contribution >= 4 is 23.3 Å². The van der Waals surface area contributed by atoms with E-state index in [4.69, 9.17) is 9.84 Å². The van der Waals surface area contributed by atoms with Crippen molar-refractivity contribution < 1.29 is 19.4 Å². The van der Waals surface area contributed by atoms with E-state index < -0.39 is 18.0 Å². The first kappa shape index (κ1) is 15.5. The Balaban J connectivity index is 2.70. The Morgan fingerprint density at radius 1 is 1.58 bits per heavy atom. The summed E-state index contributed by atoms with van der Waals surface area (Å²) >= 11 is 1.29. The maximum absolute atomic E-state index is 12.0. The van der Waals surface area contributed by atoms with E-state index in [2.05, 4.69) is 5.32 Å². The van der Waals surface area contributed by atoms with Gasteiger partial charge in [0.05, 0.1) is 12.6 Å². The fourth-order valence-corrected chi connectivity index (χ4v) is 2.26. The van der Waals surface area contributed by atoms with Gasteiger partial charge in [0.1, 0.15) is 0 Å². The molecule has 0 aliphatic carbocycles. The topological polar surface area (TPSA) is 78.9 Å². The molecule has 1 heterocycles. The minimum absolute atomic E-state index is 0.136. The minimum Gasteiger partial charge on any atom is -0.479 e. The van der Waals surface area contributed by atoms with Crippen LogP contribution in [0, 0.1) is 0 Å². The summed E-state index contributed by atoms with van der Waals surface area (Å²) in [6.45, 7) is 2.21. The number of hydrogen-bond donors (Lipinski definition) is 2. The molecule has 0 saturated carbocycles. The Kier molecular flexibility index (Phi) is 5.78. The number of aliphatic carboxylic acids is 1. The van der Waals surface area contributed by atoms with Crippen LogP contribution in [0.5, 0.6) is 0 Å². The SMILES string of the molecule is COCC(C)N(C)C(=O)NC(C(=O)O)c1cccs1. The van der Waals surface area contributed by atoms with Crippen LogP contribution < -0.4 is 5.32 Å². The first-order valence-electron chi connectivity index (χ1n) is 5.75. The van der Waals surface area contributed by atoms with Gasteiger partial charge in [0.2, 0.25) is 0 Å². The highest BCUT2D eigenvalue weighted by Crippen LogP contribution is 2.19. The summed E-state index contributed by atoms with van der Waals surface area (Å²) < 4.78 is 4.96. The van der Waals surface area contributed by atoms with E-state index in [0.717, 1.165) is 0 Å². The maximum Gasteiger partial charge on any atom is 0.331 e. The number of carboxylic acids is 1. The molecule has 1 aromatic rings. The van der Waals surface area contributed by atoms with Crippen LogP contribution in [0.15, 0.2) is 17.5 Å². The molecule has 19 heavy (non-hydrogen) atoms. The van der Waals surface area contributed by atoms with Gasteiger partial charge >= 0.3 is 12.0 Å². The lowest BCUT2D eigenvalue weighted by Crippen LogP contribution is -2.46. The fourth-order valence-electron chi connectivity index (χ4n) is 1.49. The maximum atomic E-state index is 12.0. The van der Waals surface area contributed by atoms with Crippen LogP contribution in [0.4, 0.5) is 4.79 Å². The van der Waals surface area contributed by atoms with Crippen LogP contribution in [0.3, 0.4) is 0 Å². The second-order valence-electron chi connectivity index (χ2n) is 4.15. The number of nitrogens with one attached hydrogen (secondary N) is 1. The third-order valence-electron chi connectivity index (χ3n) is 2.73. The Bertz CT molecular complexity index is 421. The molecule has 0 aliphatic heterocycles. The van der Waals surface area contributed by atoms with Gasteiger partial charge in [-0.05, 0) is 18.4 Å². The number of carbonyl (C=O) groups is 2. The zero-order valence-electron chi connectivity index (χ0n) is 11.1. The molecule has 2 N–H and O–H groups in total. The van der Waals surface area contributed by atoms with Gasteiger partial charge in [-0.3, -0.25) is 0 Å². The van der Waals surface area contributed by atoms with Crippen molar-refractivity contribution in [3.63, 3.8) is 0 Å². The highest BCUT2D eigenvalue weighted by atomic mass is 32.1. The molecule has 2 unspecified atom stereocenters. The molecule has 1 rings (SSSR count). The van der Waals surface area contributed by atoms with Gasteiger partial charge in [-0.25, -0.2) is 9.59 Å². The standard InChI is InChI=1S/C12H18N2O4S/c1-8(7-18-3)14(2)12(17)13-10(11(15)16)9-5-4-6-19-9/h4-6,8,10H,7H2,1-3H3,(H,13,17)(H,15,16). The Labute approximate surface area is 116 Å². The predicted octanol–water partition coefficient (Wildman–Crippen LogP) is 1.55. The van der Waals surface area contributed by atoms with Crippen molar-refractivity contribution in [2.75, 3.05) is 20.8 Å². The lowest BCUT2D eigenvalue weighted by Gasteiger charge is -2.26. The van der Waals surface area contributed by atoms with Crippen LogP contribution in [0.25, 0.3) is 0 Å². The van der Waals surface area contributed by atoms with Gasteiger partial charge in [0, 0.05) is 19.0 Å². The number of rotatable bonds is 6. The first-order valence-corrected chi connectivity index (χ1v) is 6.63. The molecule has 0 bridgehead atoms. The van der Waals surface area contributed by atoms with Gasteiger partial charge in [0.15, 0.2) is 6.04 Å². The molecule has 2 amide bonds. The molecule has 0 spiro atoms. The normalized spacial score (nSPS) is 13.6. The van der Waals surface area contributed by atoms with Crippen LogP contribution in [-0.4, -0.2) is 48.8 Å². The number of hydrogen-bond acceptors (Lipinski definition) is 4. The number of likely N-dealkylation sites (N-methyl/N-ethyl adjacent to an activating group) is 1. The van der Waals surface area contributed by atoms with E-state index in [9.17, 15) is 9.59 Å². The fraction of sp³-hybridized carbons (Fsp3) is 0.500. The van der Waals surface area contributed by atoms with Gasteiger partial charge in [-0.1, -0.05) is 6.07 Å². The van der Waals surface area contributed by atoms with E-state index in [1.165, 1.54) is 16.2 Å². The van der Waals surface area contributed by atoms with Crippen molar-refractivity contribution in [2.24, 2.45) is 0 Å². The van der Waals surface area contributed by atoms with Crippen LogP contribution in [0.1, 0.15) is 17.8 Å². The van der Waals surface area contributed by atoms with Crippen LogP contribution in [-0.2, 0) is 9.53 Å². The number of amides is 2. The summed E-state index contributed by atoms with van der Waals surface area (Å²) in [7, 11) is 3.15. The van der Waals surface area contributed by atoms with Crippen molar-refractivity contribution in [3.8, 4) is 0 Å². The zero-order chi connectivity index (χ0) is 14.4. The Morgan fingerprint density at radius 3 is 2.74 bits per heavy atom. The molecule has 0 aromatic carbocycles. The van der Waals surface area contributed by atoms with Gasteiger partial charge in [-0.15, -0.1) is 11.3 Å². The average Bonchev–Trinajstić information content (AvgIpc) is 2.88. The lowest BCUT2D eigenvalue weighted by atomic mass is 10.2. The highest BCUT2D eigenvalue weighted by molar-refractivity contribution is 7.10. The summed E-state index contributed by atoms with van der Waals surface area (Å²) in [5, 5.41) is 13.4. The quantitative estimate of drug-likeness (QED) is 0.831. The van der Waals surface area contributed by atoms with E-state index in [1.807, 2.05) is 6.92 Å².